The number of anilines is 3. The maximum absolute atomic E-state index is 2.46. The van der Waals surface area contributed by atoms with Gasteiger partial charge in [-0.05, 0) is 52.9 Å². The van der Waals surface area contributed by atoms with Gasteiger partial charge in [0.1, 0.15) is 0 Å². The molecule has 1 nitrogen and oxygen atoms in total. The molecular formula is C38H29N. The van der Waals surface area contributed by atoms with Crippen LogP contribution in [0.2, 0.25) is 0 Å². The average Bonchev–Trinajstić information content (AvgIpc) is 3.01. The molecular weight excluding hydrogens is 470 g/mol. The van der Waals surface area contributed by atoms with E-state index in [9.17, 15) is 0 Å². The molecule has 0 fully saturated rings. The number of aryl methyl sites for hydroxylation is 1. The normalized spacial score (nSPS) is 13.4. The largest absolute Gasteiger partial charge is 0.309 e. The second-order valence-electron chi connectivity index (χ2n) is 10.2. The minimum absolute atomic E-state index is 0.453. The smallest absolute Gasteiger partial charge is 0.0742 e. The van der Waals surface area contributed by atoms with Crippen LogP contribution in [-0.4, -0.2) is 0 Å². The van der Waals surface area contributed by atoms with Crippen molar-refractivity contribution in [3.8, 4) is 11.1 Å². The van der Waals surface area contributed by atoms with Crippen molar-refractivity contribution in [2.75, 3.05) is 4.90 Å². The molecule has 0 N–H and O–H groups in total. The van der Waals surface area contributed by atoms with Gasteiger partial charge < -0.3 is 4.90 Å². The number of nitrogens with zero attached hydrogens (tertiary/aromatic N) is 1. The van der Waals surface area contributed by atoms with Crippen LogP contribution in [-0.2, 0) is 5.41 Å². The van der Waals surface area contributed by atoms with Crippen molar-refractivity contribution < 1.29 is 0 Å². The first kappa shape index (κ1) is 23.3. The fraction of sp³-hybridized carbons (Fsp3) is 0.0526. The Kier molecular flexibility index (Phi) is 5.64. The van der Waals surface area contributed by atoms with E-state index in [4.69, 9.17) is 0 Å². The SMILES string of the molecule is Cc1ccc(-c2ccccc2N2c3ccccc3C(c3ccccc3)(c3ccccc3)c3ccccc32)cc1. The molecule has 7 rings (SSSR count). The van der Waals surface area contributed by atoms with Crippen molar-refractivity contribution in [1.82, 2.24) is 0 Å². The van der Waals surface area contributed by atoms with Crippen LogP contribution in [0.1, 0.15) is 27.8 Å². The van der Waals surface area contributed by atoms with Crippen LogP contribution >= 0.6 is 0 Å². The Morgan fingerprint density at radius 1 is 0.410 bits per heavy atom. The summed E-state index contributed by atoms with van der Waals surface area (Å²) in [4.78, 5) is 2.46. The molecule has 0 radical (unpaired) electrons. The van der Waals surface area contributed by atoms with E-state index in [0.29, 0.717) is 0 Å². The molecule has 1 heterocycles. The number of benzene rings is 6. The van der Waals surface area contributed by atoms with Gasteiger partial charge in [0.25, 0.3) is 0 Å². The summed E-state index contributed by atoms with van der Waals surface area (Å²) in [5.41, 5.74) is 11.9. The van der Waals surface area contributed by atoms with Gasteiger partial charge in [0.05, 0.1) is 22.5 Å². The van der Waals surface area contributed by atoms with Crippen LogP contribution in [0, 0.1) is 6.92 Å². The Labute approximate surface area is 230 Å². The number of fused-ring (bicyclic) bond motifs is 2. The zero-order valence-corrected chi connectivity index (χ0v) is 22.0. The molecule has 0 saturated heterocycles. The predicted molar refractivity (Wildman–Crippen MR) is 163 cm³/mol. The molecule has 0 bridgehead atoms. The monoisotopic (exact) mass is 499 g/mol. The van der Waals surface area contributed by atoms with Gasteiger partial charge in [0, 0.05) is 5.56 Å². The van der Waals surface area contributed by atoms with Crippen molar-refractivity contribution >= 4 is 17.1 Å². The van der Waals surface area contributed by atoms with Crippen LogP contribution in [0.15, 0.2) is 158 Å². The minimum Gasteiger partial charge on any atom is -0.309 e. The number of hydrogen-bond donors (Lipinski definition) is 0. The lowest BCUT2D eigenvalue weighted by molar-refractivity contribution is 0.731. The Bertz CT molecular complexity index is 1660. The highest BCUT2D eigenvalue weighted by Gasteiger charge is 2.46. The van der Waals surface area contributed by atoms with Crippen LogP contribution in [0.5, 0.6) is 0 Å². The third-order valence-electron chi connectivity index (χ3n) is 8.02. The highest BCUT2D eigenvalue weighted by Crippen LogP contribution is 2.58. The third-order valence-corrected chi connectivity index (χ3v) is 8.02. The fourth-order valence-corrected chi connectivity index (χ4v) is 6.32. The number of para-hydroxylation sites is 3. The highest BCUT2D eigenvalue weighted by molar-refractivity contribution is 5.94. The molecule has 0 spiro atoms. The fourth-order valence-electron chi connectivity index (χ4n) is 6.32. The second kappa shape index (κ2) is 9.45. The Balaban J connectivity index is 1.58. The average molecular weight is 500 g/mol. The summed E-state index contributed by atoms with van der Waals surface area (Å²) in [5.74, 6) is 0. The first-order chi connectivity index (χ1) is 19.3. The van der Waals surface area contributed by atoms with Crippen molar-refractivity contribution in [1.29, 1.82) is 0 Å². The van der Waals surface area contributed by atoms with E-state index < -0.39 is 5.41 Å². The molecule has 0 unspecified atom stereocenters. The lowest BCUT2D eigenvalue weighted by atomic mass is 9.62. The van der Waals surface area contributed by atoms with Crippen molar-refractivity contribution in [2.45, 2.75) is 12.3 Å². The van der Waals surface area contributed by atoms with Crippen LogP contribution in [0.25, 0.3) is 11.1 Å². The van der Waals surface area contributed by atoms with Gasteiger partial charge in [-0.3, -0.25) is 0 Å². The highest BCUT2D eigenvalue weighted by atomic mass is 15.2. The standard InChI is InChI=1S/C38H29N/c1-28-24-26-29(27-25-28)32-18-8-11-21-35(32)39-36-22-12-9-19-33(36)38(30-14-4-2-5-15-30,31-16-6-3-7-17-31)34-20-10-13-23-37(34)39/h2-27H,1H3. The summed E-state index contributed by atoms with van der Waals surface area (Å²) < 4.78 is 0. The van der Waals surface area contributed by atoms with Crippen LogP contribution in [0.4, 0.5) is 17.1 Å². The molecule has 1 aliphatic rings. The van der Waals surface area contributed by atoms with E-state index >= 15 is 0 Å². The van der Waals surface area contributed by atoms with E-state index in [0.717, 1.165) is 0 Å². The first-order valence-corrected chi connectivity index (χ1v) is 13.5. The summed E-state index contributed by atoms with van der Waals surface area (Å²) >= 11 is 0. The van der Waals surface area contributed by atoms with E-state index in [1.54, 1.807) is 0 Å². The molecule has 186 valence electrons. The molecule has 1 heteroatoms. The third kappa shape index (κ3) is 3.62. The van der Waals surface area contributed by atoms with E-state index in [-0.39, 0.29) is 0 Å². The molecule has 6 aromatic carbocycles. The van der Waals surface area contributed by atoms with E-state index in [2.05, 4.69) is 170 Å². The first-order valence-electron chi connectivity index (χ1n) is 13.5. The molecule has 0 aromatic heterocycles. The summed E-state index contributed by atoms with van der Waals surface area (Å²) in [5, 5.41) is 0. The lowest BCUT2D eigenvalue weighted by Crippen LogP contribution is -2.37. The van der Waals surface area contributed by atoms with Gasteiger partial charge in [0.15, 0.2) is 0 Å². The Hall–Kier alpha value is -4.88. The van der Waals surface area contributed by atoms with Gasteiger partial charge in [-0.2, -0.15) is 0 Å². The zero-order valence-electron chi connectivity index (χ0n) is 22.0. The van der Waals surface area contributed by atoms with Gasteiger partial charge >= 0.3 is 0 Å². The molecule has 39 heavy (non-hydrogen) atoms. The predicted octanol–water partition coefficient (Wildman–Crippen LogP) is 9.83. The molecule has 6 aromatic rings. The van der Waals surface area contributed by atoms with Crippen molar-refractivity contribution in [3.05, 3.63) is 186 Å². The Morgan fingerprint density at radius 3 is 1.38 bits per heavy atom. The number of rotatable bonds is 4. The quantitative estimate of drug-likeness (QED) is 0.233. The van der Waals surface area contributed by atoms with Gasteiger partial charge in [0.2, 0.25) is 0 Å². The topological polar surface area (TPSA) is 3.24 Å². The molecule has 1 aliphatic heterocycles. The van der Waals surface area contributed by atoms with Crippen molar-refractivity contribution in [2.24, 2.45) is 0 Å². The van der Waals surface area contributed by atoms with Crippen LogP contribution in [0.3, 0.4) is 0 Å². The second-order valence-corrected chi connectivity index (χ2v) is 10.2. The maximum Gasteiger partial charge on any atom is 0.0742 e. The summed E-state index contributed by atoms with van der Waals surface area (Å²) in [6, 6.07) is 57.4. The summed E-state index contributed by atoms with van der Waals surface area (Å²) in [6.45, 7) is 2.14. The molecule has 0 saturated carbocycles. The minimum atomic E-state index is -0.453. The maximum atomic E-state index is 2.46. The molecule has 0 atom stereocenters. The zero-order chi connectivity index (χ0) is 26.2. The van der Waals surface area contributed by atoms with Crippen molar-refractivity contribution in [3.63, 3.8) is 0 Å². The van der Waals surface area contributed by atoms with Gasteiger partial charge in [-0.1, -0.05) is 145 Å². The van der Waals surface area contributed by atoms with E-state index in [1.165, 1.54) is 56.0 Å². The molecule has 0 aliphatic carbocycles. The summed E-state index contributed by atoms with van der Waals surface area (Å²) in [6.07, 6.45) is 0. The molecule has 0 amide bonds. The lowest BCUT2D eigenvalue weighted by Gasteiger charge is -2.46. The van der Waals surface area contributed by atoms with Gasteiger partial charge in [-0.25, -0.2) is 0 Å². The van der Waals surface area contributed by atoms with E-state index in [1.807, 2.05) is 0 Å². The van der Waals surface area contributed by atoms with Gasteiger partial charge in [-0.15, -0.1) is 0 Å². The Morgan fingerprint density at radius 2 is 0.846 bits per heavy atom. The summed E-state index contributed by atoms with van der Waals surface area (Å²) in [7, 11) is 0. The number of hydrogen-bond acceptors (Lipinski definition) is 1. The van der Waals surface area contributed by atoms with Crippen LogP contribution < -0.4 is 4.90 Å².